The van der Waals surface area contributed by atoms with E-state index in [4.69, 9.17) is 4.74 Å². The Hall–Kier alpha value is -1.84. The first-order valence-corrected chi connectivity index (χ1v) is 4.66. The number of benzene rings is 1. The van der Waals surface area contributed by atoms with Gasteiger partial charge >= 0.3 is 5.97 Å². The van der Waals surface area contributed by atoms with Gasteiger partial charge in [0.15, 0.2) is 5.78 Å². The van der Waals surface area contributed by atoms with E-state index in [1.54, 1.807) is 6.07 Å². The molecule has 0 aliphatic carbocycles. The van der Waals surface area contributed by atoms with Gasteiger partial charge in [-0.1, -0.05) is 6.07 Å². The summed E-state index contributed by atoms with van der Waals surface area (Å²) in [6.45, 7) is 1.33. The van der Waals surface area contributed by atoms with Gasteiger partial charge in [0.2, 0.25) is 0 Å². The van der Waals surface area contributed by atoms with Crippen molar-refractivity contribution in [3.05, 3.63) is 23.3 Å². The number of carbonyl (C=O) groups is 2. The van der Waals surface area contributed by atoms with E-state index in [1.165, 1.54) is 13.0 Å². The number of hydrogen-bond acceptors (Lipinski definition) is 4. The minimum atomic E-state index is -0.365. The molecule has 15 heavy (non-hydrogen) atoms. The summed E-state index contributed by atoms with van der Waals surface area (Å²) in [5, 5.41) is 9.51. The first kappa shape index (κ1) is 9.71. The van der Waals surface area contributed by atoms with Gasteiger partial charge in [-0.3, -0.25) is 9.59 Å². The second-order valence-corrected chi connectivity index (χ2v) is 3.48. The highest BCUT2D eigenvalue weighted by Gasteiger charge is 2.24. The number of ether oxygens (including phenoxy) is 1. The molecule has 0 saturated heterocycles. The van der Waals surface area contributed by atoms with Gasteiger partial charge in [0, 0.05) is 0 Å². The molecule has 0 saturated carbocycles. The molecule has 1 aromatic carbocycles. The molecule has 0 aromatic heterocycles. The number of ketones is 1. The molecule has 0 fully saturated rings. The second-order valence-electron chi connectivity index (χ2n) is 3.48. The Morgan fingerprint density at radius 2 is 2.13 bits per heavy atom. The number of hydrogen-bond donors (Lipinski definition) is 1. The van der Waals surface area contributed by atoms with E-state index in [2.05, 4.69) is 0 Å². The van der Waals surface area contributed by atoms with Crippen molar-refractivity contribution >= 4 is 11.8 Å². The Morgan fingerprint density at radius 1 is 1.40 bits per heavy atom. The van der Waals surface area contributed by atoms with E-state index in [1.807, 2.05) is 0 Å². The summed E-state index contributed by atoms with van der Waals surface area (Å²) in [4.78, 5) is 22.4. The number of aromatic hydroxyl groups is 1. The minimum absolute atomic E-state index is 0.0977. The summed E-state index contributed by atoms with van der Waals surface area (Å²) in [5.41, 5.74) is 0.887. The Kier molecular flexibility index (Phi) is 2.19. The predicted molar refractivity (Wildman–Crippen MR) is 52.1 cm³/mol. The summed E-state index contributed by atoms with van der Waals surface area (Å²) in [7, 11) is 0. The van der Waals surface area contributed by atoms with Crippen LogP contribution in [0.5, 0.6) is 11.5 Å². The van der Waals surface area contributed by atoms with E-state index in [0.29, 0.717) is 12.8 Å². The average molecular weight is 206 g/mol. The average Bonchev–Trinajstić information content (AvgIpc) is 2.16. The highest BCUT2D eigenvalue weighted by Crippen LogP contribution is 2.35. The van der Waals surface area contributed by atoms with Crippen LogP contribution in [-0.2, 0) is 11.2 Å². The molecule has 4 heteroatoms. The maximum atomic E-state index is 11.3. The molecule has 1 N–H and O–H groups in total. The fourth-order valence-corrected chi connectivity index (χ4v) is 1.67. The maximum Gasteiger partial charge on any atom is 0.311 e. The lowest BCUT2D eigenvalue weighted by atomic mass is 9.99. The lowest BCUT2D eigenvalue weighted by Gasteiger charge is -2.18. The summed E-state index contributed by atoms with van der Waals surface area (Å²) < 4.78 is 4.99. The third-order valence-electron chi connectivity index (χ3n) is 2.38. The molecule has 0 spiro atoms. The SMILES string of the molecule is CC(=O)c1c(O)ccc2c1OC(=O)CC2. The number of carbonyl (C=O) groups excluding carboxylic acids is 2. The van der Waals surface area contributed by atoms with Crippen molar-refractivity contribution in [3.63, 3.8) is 0 Å². The summed E-state index contributed by atoms with van der Waals surface area (Å²) in [5.74, 6) is -0.593. The van der Waals surface area contributed by atoms with Crippen LogP contribution in [-0.4, -0.2) is 16.9 Å². The van der Waals surface area contributed by atoms with Crippen LogP contribution < -0.4 is 4.74 Å². The van der Waals surface area contributed by atoms with Crippen LogP contribution in [0.1, 0.15) is 29.3 Å². The fraction of sp³-hybridized carbons (Fsp3) is 0.273. The molecule has 1 aliphatic heterocycles. The molecule has 1 aromatic rings. The van der Waals surface area contributed by atoms with Crippen molar-refractivity contribution in [1.82, 2.24) is 0 Å². The van der Waals surface area contributed by atoms with Crippen LogP contribution in [0.25, 0.3) is 0 Å². The molecule has 1 aliphatic rings. The van der Waals surface area contributed by atoms with Crippen LogP contribution in [0, 0.1) is 0 Å². The Balaban J connectivity index is 2.62. The van der Waals surface area contributed by atoms with Gasteiger partial charge in [0.1, 0.15) is 17.1 Å². The number of phenolic OH excluding ortho intramolecular Hbond substituents is 1. The van der Waals surface area contributed by atoms with Crippen LogP contribution in [0.15, 0.2) is 12.1 Å². The zero-order valence-corrected chi connectivity index (χ0v) is 8.24. The highest BCUT2D eigenvalue weighted by molar-refractivity contribution is 6.01. The van der Waals surface area contributed by atoms with Gasteiger partial charge in [0.25, 0.3) is 0 Å². The quantitative estimate of drug-likeness (QED) is 0.429. The van der Waals surface area contributed by atoms with Crippen molar-refractivity contribution in [3.8, 4) is 11.5 Å². The Morgan fingerprint density at radius 3 is 2.80 bits per heavy atom. The van der Waals surface area contributed by atoms with Crippen molar-refractivity contribution in [2.45, 2.75) is 19.8 Å². The van der Waals surface area contributed by atoms with Crippen LogP contribution >= 0.6 is 0 Å². The predicted octanol–water partition coefficient (Wildman–Crippen LogP) is 1.45. The molecular weight excluding hydrogens is 196 g/mol. The molecule has 0 bridgehead atoms. The second kappa shape index (κ2) is 3.38. The van der Waals surface area contributed by atoms with Crippen LogP contribution in [0.3, 0.4) is 0 Å². The summed E-state index contributed by atoms with van der Waals surface area (Å²) >= 11 is 0. The third-order valence-corrected chi connectivity index (χ3v) is 2.38. The van der Waals surface area contributed by atoms with E-state index in [-0.39, 0.29) is 28.8 Å². The number of Topliss-reactive ketones (excluding diaryl/α,β-unsaturated/α-hetero) is 1. The lowest BCUT2D eigenvalue weighted by Crippen LogP contribution is -2.18. The van der Waals surface area contributed by atoms with Gasteiger partial charge in [-0.2, -0.15) is 0 Å². The van der Waals surface area contributed by atoms with Crippen molar-refractivity contribution in [2.75, 3.05) is 0 Å². The van der Waals surface area contributed by atoms with Gasteiger partial charge in [-0.25, -0.2) is 0 Å². The number of rotatable bonds is 1. The Labute approximate surface area is 86.5 Å². The molecule has 0 atom stereocenters. The topological polar surface area (TPSA) is 63.6 Å². The zero-order valence-electron chi connectivity index (χ0n) is 8.24. The lowest BCUT2D eigenvalue weighted by molar-refractivity contribution is -0.135. The first-order chi connectivity index (χ1) is 7.09. The van der Waals surface area contributed by atoms with Gasteiger partial charge in [0.05, 0.1) is 6.42 Å². The monoisotopic (exact) mass is 206 g/mol. The highest BCUT2D eigenvalue weighted by atomic mass is 16.5. The third kappa shape index (κ3) is 1.58. The number of phenols is 1. The van der Waals surface area contributed by atoms with Crippen molar-refractivity contribution in [1.29, 1.82) is 0 Å². The minimum Gasteiger partial charge on any atom is -0.507 e. The molecule has 78 valence electrons. The molecule has 2 rings (SSSR count). The molecule has 0 unspecified atom stereocenters. The maximum absolute atomic E-state index is 11.3. The Bertz CT molecular complexity index is 448. The van der Waals surface area contributed by atoms with Crippen LogP contribution in [0.2, 0.25) is 0 Å². The number of esters is 1. The first-order valence-electron chi connectivity index (χ1n) is 4.66. The molecule has 4 nitrogen and oxygen atoms in total. The number of fused-ring (bicyclic) bond motifs is 1. The normalized spacial score (nSPS) is 14.3. The van der Waals surface area contributed by atoms with Crippen molar-refractivity contribution < 1.29 is 19.4 Å². The smallest absolute Gasteiger partial charge is 0.311 e. The van der Waals surface area contributed by atoms with Gasteiger partial charge in [-0.05, 0) is 25.0 Å². The van der Waals surface area contributed by atoms with E-state index in [0.717, 1.165) is 5.56 Å². The van der Waals surface area contributed by atoms with Gasteiger partial charge < -0.3 is 9.84 Å². The van der Waals surface area contributed by atoms with Crippen molar-refractivity contribution in [2.24, 2.45) is 0 Å². The largest absolute Gasteiger partial charge is 0.507 e. The molecule has 0 amide bonds. The van der Waals surface area contributed by atoms with E-state index in [9.17, 15) is 14.7 Å². The molecular formula is C11H10O4. The summed E-state index contributed by atoms with van der Waals surface area (Å²) in [6.07, 6.45) is 0.865. The number of aryl methyl sites for hydroxylation is 1. The van der Waals surface area contributed by atoms with E-state index >= 15 is 0 Å². The molecule has 0 radical (unpaired) electrons. The zero-order chi connectivity index (χ0) is 11.0. The standard InChI is InChI=1S/C11H10O4/c1-6(12)10-8(13)4-2-7-3-5-9(14)15-11(7)10/h2,4,13H,3,5H2,1H3. The summed E-state index contributed by atoms with van der Waals surface area (Å²) in [6, 6.07) is 3.12. The molecule has 1 heterocycles. The van der Waals surface area contributed by atoms with Gasteiger partial charge in [-0.15, -0.1) is 0 Å². The fourth-order valence-electron chi connectivity index (χ4n) is 1.67. The van der Waals surface area contributed by atoms with E-state index < -0.39 is 0 Å². The van der Waals surface area contributed by atoms with Crippen LogP contribution in [0.4, 0.5) is 0 Å².